The zero-order chi connectivity index (χ0) is 12.4. The highest BCUT2D eigenvalue weighted by molar-refractivity contribution is 5.96. The fourth-order valence-electron chi connectivity index (χ4n) is 2.30. The Morgan fingerprint density at radius 1 is 1.11 bits per heavy atom. The van der Waals surface area contributed by atoms with Crippen molar-refractivity contribution in [3.05, 3.63) is 67.6 Å². The van der Waals surface area contributed by atoms with Gasteiger partial charge in [0.15, 0.2) is 0 Å². The minimum absolute atomic E-state index is 0.825. The zero-order valence-electron chi connectivity index (χ0n) is 10.1. The standard InChI is InChI=1S/C16H14N2/c1-2-11-18-12-15(13-7-9-17-10-8-13)14-5-3-4-6-16(14)18/h2-10,12H,1,11H2. The second-order valence-electron chi connectivity index (χ2n) is 4.24. The first-order valence-corrected chi connectivity index (χ1v) is 5.99. The van der Waals surface area contributed by atoms with Crippen molar-refractivity contribution in [3.63, 3.8) is 0 Å². The maximum atomic E-state index is 4.07. The van der Waals surface area contributed by atoms with E-state index in [0.717, 1.165) is 6.54 Å². The molecular formula is C16H14N2. The van der Waals surface area contributed by atoms with Crippen LogP contribution in [0.15, 0.2) is 67.6 Å². The molecule has 0 N–H and O–H groups in total. The lowest BCUT2D eigenvalue weighted by atomic mass is 10.1. The first kappa shape index (κ1) is 10.8. The molecule has 18 heavy (non-hydrogen) atoms. The van der Waals surface area contributed by atoms with Crippen LogP contribution in [0, 0.1) is 0 Å². The maximum Gasteiger partial charge on any atom is 0.0489 e. The zero-order valence-corrected chi connectivity index (χ0v) is 10.1. The summed E-state index contributed by atoms with van der Waals surface area (Å²) in [7, 11) is 0. The summed E-state index contributed by atoms with van der Waals surface area (Å²) in [4.78, 5) is 4.07. The molecule has 0 atom stereocenters. The van der Waals surface area contributed by atoms with Crippen LogP contribution in [0.25, 0.3) is 22.0 Å². The Hall–Kier alpha value is -2.35. The van der Waals surface area contributed by atoms with Crippen LogP contribution >= 0.6 is 0 Å². The van der Waals surface area contributed by atoms with E-state index in [1.54, 1.807) is 0 Å². The monoisotopic (exact) mass is 234 g/mol. The molecule has 2 heteroatoms. The number of pyridine rings is 1. The van der Waals surface area contributed by atoms with Crippen LogP contribution in [0.1, 0.15) is 0 Å². The number of hydrogen-bond donors (Lipinski definition) is 0. The summed E-state index contributed by atoms with van der Waals surface area (Å²) in [6.45, 7) is 4.64. The summed E-state index contributed by atoms with van der Waals surface area (Å²) in [5.74, 6) is 0. The molecule has 0 unspecified atom stereocenters. The van der Waals surface area contributed by atoms with Crippen LogP contribution in [0.4, 0.5) is 0 Å². The second-order valence-corrected chi connectivity index (χ2v) is 4.24. The Kier molecular flexibility index (Phi) is 2.69. The van der Waals surface area contributed by atoms with Crippen molar-refractivity contribution >= 4 is 10.9 Å². The largest absolute Gasteiger partial charge is 0.343 e. The smallest absolute Gasteiger partial charge is 0.0489 e. The summed E-state index contributed by atoms with van der Waals surface area (Å²) in [6.07, 6.45) is 7.76. The minimum Gasteiger partial charge on any atom is -0.343 e. The molecule has 3 rings (SSSR count). The number of nitrogens with zero attached hydrogens (tertiary/aromatic N) is 2. The average Bonchev–Trinajstić information content (AvgIpc) is 2.80. The molecule has 2 aromatic heterocycles. The topological polar surface area (TPSA) is 17.8 Å². The van der Waals surface area contributed by atoms with Gasteiger partial charge in [0.05, 0.1) is 0 Å². The lowest BCUT2D eigenvalue weighted by molar-refractivity contribution is 0.866. The van der Waals surface area contributed by atoms with E-state index in [4.69, 9.17) is 0 Å². The number of para-hydroxylation sites is 1. The highest BCUT2D eigenvalue weighted by atomic mass is 14.9. The van der Waals surface area contributed by atoms with Gasteiger partial charge in [0.2, 0.25) is 0 Å². The van der Waals surface area contributed by atoms with E-state index in [-0.39, 0.29) is 0 Å². The molecule has 0 saturated carbocycles. The van der Waals surface area contributed by atoms with Crippen molar-refractivity contribution < 1.29 is 0 Å². The van der Waals surface area contributed by atoms with Gasteiger partial charge in [-0.05, 0) is 23.8 Å². The maximum absolute atomic E-state index is 4.07. The first-order chi connectivity index (χ1) is 8.90. The summed E-state index contributed by atoms with van der Waals surface area (Å²) in [5, 5.41) is 1.27. The predicted octanol–water partition coefficient (Wildman–Crippen LogP) is 3.89. The van der Waals surface area contributed by atoms with Gasteiger partial charge < -0.3 is 4.57 Å². The van der Waals surface area contributed by atoms with Gasteiger partial charge in [-0.15, -0.1) is 6.58 Å². The summed E-state index contributed by atoms with van der Waals surface area (Å²) < 4.78 is 2.22. The summed E-state index contributed by atoms with van der Waals surface area (Å²) in [6, 6.07) is 12.5. The third-order valence-corrected chi connectivity index (χ3v) is 3.11. The molecule has 0 fully saturated rings. The molecule has 3 aromatic rings. The second kappa shape index (κ2) is 4.49. The summed E-state index contributed by atoms with van der Waals surface area (Å²) in [5.41, 5.74) is 3.68. The van der Waals surface area contributed by atoms with Crippen LogP contribution in [0.3, 0.4) is 0 Å². The van der Waals surface area contributed by atoms with Gasteiger partial charge in [0, 0.05) is 41.6 Å². The molecular weight excluding hydrogens is 220 g/mol. The fraction of sp³-hybridized carbons (Fsp3) is 0.0625. The van der Waals surface area contributed by atoms with E-state index in [9.17, 15) is 0 Å². The third kappa shape index (κ3) is 1.72. The number of benzene rings is 1. The molecule has 0 amide bonds. The number of fused-ring (bicyclic) bond motifs is 1. The van der Waals surface area contributed by atoms with Crippen LogP contribution < -0.4 is 0 Å². The SMILES string of the molecule is C=CCn1cc(-c2ccncc2)c2ccccc21. The lowest BCUT2D eigenvalue weighted by Crippen LogP contribution is -1.90. The van der Waals surface area contributed by atoms with Crippen molar-refractivity contribution in [3.8, 4) is 11.1 Å². The predicted molar refractivity (Wildman–Crippen MR) is 75.4 cm³/mol. The van der Waals surface area contributed by atoms with Crippen molar-refractivity contribution in [2.24, 2.45) is 0 Å². The number of rotatable bonds is 3. The Bertz CT molecular complexity index is 681. The Labute approximate surface area is 106 Å². The van der Waals surface area contributed by atoms with Gasteiger partial charge in [-0.1, -0.05) is 24.3 Å². The average molecular weight is 234 g/mol. The highest BCUT2D eigenvalue weighted by Crippen LogP contribution is 2.30. The van der Waals surface area contributed by atoms with Crippen molar-refractivity contribution in [1.29, 1.82) is 0 Å². The van der Waals surface area contributed by atoms with Gasteiger partial charge in [-0.25, -0.2) is 0 Å². The first-order valence-electron chi connectivity index (χ1n) is 5.99. The van der Waals surface area contributed by atoms with Gasteiger partial charge >= 0.3 is 0 Å². The van der Waals surface area contributed by atoms with Crippen LogP contribution in [0.2, 0.25) is 0 Å². The molecule has 0 aliphatic heterocycles. The van der Waals surface area contributed by atoms with Gasteiger partial charge in [-0.2, -0.15) is 0 Å². The molecule has 0 bridgehead atoms. The number of aromatic nitrogens is 2. The van der Waals surface area contributed by atoms with Crippen LogP contribution in [0.5, 0.6) is 0 Å². The quantitative estimate of drug-likeness (QED) is 0.629. The van der Waals surface area contributed by atoms with Crippen molar-refractivity contribution in [2.45, 2.75) is 6.54 Å². The van der Waals surface area contributed by atoms with E-state index < -0.39 is 0 Å². The van der Waals surface area contributed by atoms with Gasteiger partial charge in [-0.3, -0.25) is 4.98 Å². The molecule has 2 nitrogen and oxygen atoms in total. The lowest BCUT2D eigenvalue weighted by Gasteiger charge is -1.98. The van der Waals surface area contributed by atoms with Crippen molar-refractivity contribution in [1.82, 2.24) is 9.55 Å². The van der Waals surface area contributed by atoms with Crippen LogP contribution in [-0.4, -0.2) is 9.55 Å². The number of hydrogen-bond acceptors (Lipinski definition) is 1. The van der Waals surface area contributed by atoms with Crippen LogP contribution in [-0.2, 0) is 6.54 Å². The summed E-state index contributed by atoms with van der Waals surface area (Å²) >= 11 is 0. The normalized spacial score (nSPS) is 10.7. The Morgan fingerprint density at radius 2 is 1.89 bits per heavy atom. The molecule has 0 aliphatic carbocycles. The molecule has 1 aromatic carbocycles. The fourth-order valence-corrected chi connectivity index (χ4v) is 2.30. The molecule has 88 valence electrons. The molecule has 0 aliphatic rings. The van der Waals surface area contributed by atoms with E-state index in [1.165, 1.54) is 22.0 Å². The third-order valence-electron chi connectivity index (χ3n) is 3.11. The molecule has 0 saturated heterocycles. The van der Waals surface area contributed by atoms with Gasteiger partial charge in [0.1, 0.15) is 0 Å². The minimum atomic E-state index is 0.825. The highest BCUT2D eigenvalue weighted by Gasteiger charge is 2.08. The van der Waals surface area contributed by atoms with Crippen molar-refractivity contribution in [2.75, 3.05) is 0 Å². The van der Waals surface area contributed by atoms with E-state index in [1.807, 2.05) is 30.6 Å². The van der Waals surface area contributed by atoms with E-state index in [2.05, 4.69) is 46.6 Å². The van der Waals surface area contributed by atoms with E-state index in [0.29, 0.717) is 0 Å². The molecule has 0 radical (unpaired) electrons. The Balaban J connectivity index is 2.27. The van der Waals surface area contributed by atoms with E-state index >= 15 is 0 Å². The number of allylic oxidation sites excluding steroid dienone is 1. The van der Waals surface area contributed by atoms with Gasteiger partial charge in [0.25, 0.3) is 0 Å². The Morgan fingerprint density at radius 3 is 2.67 bits per heavy atom. The molecule has 2 heterocycles. The molecule has 0 spiro atoms.